The van der Waals surface area contributed by atoms with Crippen molar-refractivity contribution in [2.24, 2.45) is 5.10 Å². The summed E-state index contributed by atoms with van der Waals surface area (Å²) in [7, 11) is 0. The minimum Gasteiger partial charge on any atom is -0.486 e. The molecule has 1 aromatic heterocycles. The van der Waals surface area contributed by atoms with Crippen LogP contribution >= 0.6 is 22.9 Å². The van der Waals surface area contributed by atoms with Gasteiger partial charge in [-0.3, -0.25) is 4.79 Å². The second-order valence-electron chi connectivity index (χ2n) is 5.64. The summed E-state index contributed by atoms with van der Waals surface area (Å²) in [5.74, 6) is 0.961. The van der Waals surface area contributed by atoms with Crippen LogP contribution in [0.5, 0.6) is 11.5 Å². The third kappa shape index (κ3) is 2.99. The van der Waals surface area contributed by atoms with Gasteiger partial charge >= 0.3 is 0 Å². The number of ether oxygens (including phenoxy) is 2. The molecule has 0 saturated carbocycles. The molecule has 0 saturated heterocycles. The third-order valence-corrected chi connectivity index (χ3v) is 5.49. The van der Waals surface area contributed by atoms with Crippen molar-refractivity contribution in [2.45, 2.75) is 19.3 Å². The Labute approximate surface area is 148 Å². The number of amides is 1. The molecule has 2 aliphatic rings. The largest absolute Gasteiger partial charge is 0.486 e. The molecule has 2 heterocycles. The number of nitrogens with one attached hydrogen (secondary N) is 1. The molecule has 7 heteroatoms. The molecule has 1 aromatic carbocycles. The predicted molar refractivity (Wildman–Crippen MR) is 93.8 cm³/mol. The first-order chi connectivity index (χ1) is 11.7. The van der Waals surface area contributed by atoms with E-state index in [1.165, 1.54) is 16.9 Å². The highest BCUT2D eigenvalue weighted by Gasteiger charge is 2.18. The van der Waals surface area contributed by atoms with Gasteiger partial charge in [-0.05, 0) is 48.6 Å². The molecule has 124 valence electrons. The molecule has 4 rings (SSSR count). The van der Waals surface area contributed by atoms with E-state index < -0.39 is 0 Å². The molecule has 0 spiro atoms. The number of halogens is 1. The molecule has 24 heavy (non-hydrogen) atoms. The number of hydrogen-bond donors (Lipinski definition) is 1. The van der Waals surface area contributed by atoms with E-state index in [1.54, 1.807) is 29.7 Å². The predicted octanol–water partition coefficient (Wildman–Crippen LogP) is 3.43. The monoisotopic (exact) mass is 362 g/mol. The number of aryl methyl sites for hydroxylation is 2. The number of hydrogen-bond acceptors (Lipinski definition) is 5. The molecule has 5 nitrogen and oxygen atoms in total. The highest BCUT2D eigenvalue weighted by molar-refractivity contribution is 7.14. The number of nitrogens with zero attached hydrogens (tertiary/aromatic N) is 1. The number of thiophene rings is 1. The zero-order valence-corrected chi connectivity index (χ0v) is 14.4. The maximum Gasteiger partial charge on any atom is 0.281 e. The summed E-state index contributed by atoms with van der Waals surface area (Å²) in [6, 6.07) is 5.49. The van der Waals surface area contributed by atoms with Crippen LogP contribution in [0.3, 0.4) is 0 Å². The zero-order chi connectivity index (χ0) is 16.5. The Morgan fingerprint density at radius 1 is 1.25 bits per heavy atom. The number of hydrazone groups is 1. The maximum atomic E-state index is 12.2. The van der Waals surface area contributed by atoms with E-state index in [0.717, 1.165) is 18.4 Å². The number of fused-ring (bicyclic) bond motifs is 2. The van der Waals surface area contributed by atoms with Crippen LogP contribution in [0.1, 0.15) is 32.1 Å². The molecule has 1 aliphatic heterocycles. The zero-order valence-electron chi connectivity index (χ0n) is 12.8. The normalized spacial score (nSPS) is 15.5. The second kappa shape index (κ2) is 6.45. The van der Waals surface area contributed by atoms with Crippen molar-refractivity contribution >= 4 is 35.1 Å². The Balaban J connectivity index is 1.45. The molecule has 0 fully saturated rings. The van der Waals surface area contributed by atoms with Crippen molar-refractivity contribution < 1.29 is 14.3 Å². The van der Waals surface area contributed by atoms with Crippen LogP contribution in [-0.2, 0) is 12.8 Å². The van der Waals surface area contributed by atoms with Crippen molar-refractivity contribution in [1.29, 1.82) is 0 Å². The number of carbonyl (C=O) groups is 1. The highest BCUT2D eigenvalue weighted by Crippen LogP contribution is 2.38. The van der Waals surface area contributed by atoms with Gasteiger partial charge in [0.2, 0.25) is 0 Å². The van der Waals surface area contributed by atoms with Gasteiger partial charge in [0.1, 0.15) is 13.2 Å². The summed E-state index contributed by atoms with van der Waals surface area (Å²) in [5.41, 5.74) is 4.59. The number of rotatable bonds is 3. The van der Waals surface area contributed by atoms with E-state index in [0.29, 0.717) is 34.6 Å². The summed E-state index contributed by atoms with van der Waals surface area (Å²) >= 11 is 7.73. The highest BCUT2D eigenvalue weighted by atomic mass is 35.5. The lowest BCUT2D eigenvalue weighted by Gasteiger charge is -2.19. The Kier molecular flexibility index (Phi) is 4.16. The Bertz CT molecular complexity index is 810. The Morgan fingerprint density at radius 2 is 2.12 bits per heavy atom. The van der Waals surface area contributed by atoms with Gasteiger partial charge < -0.3 is 9.47 Å². The summed E-state index contributed by atoms with van der Waals surface area (Å²) < 4.78 is 11.0. The minimum absolute atomic E-state index is 0.186. The average Bonchev–Trinajstić information content (AvgIpc) is 3.16. The molecular formula is C17H15ClN2O3S. The van der Waals surface area contributed by atoms with Gasteiger partial charge in [-0.15, -0.1) is 11.3 Å². The molecule has 0 atom stereocenters. The summed E-state index contributed by atoms with van der Waals surface area (Å²) in [4.78, 5) is 14.2. The Morgan fingerprint density at radius 3 is 3.00 bits per heavy atom. The topological polar surface area (TPSA) is 59.9 Å². The van der Waals surface area contributed by atoms with E-state index in [9.17, 15) is 4.79 Å². The molecule has 2 aromatic rings. The first kappa shape index (κ1) is 15.5. The van der Waals surface area contributed by atoms with E-state index in [1.807, 2.05) is 6.07 Å². The molecule has 0 bridgehead atoms. The third-order valence-electron chi connectivity index (χ3n) is 3.97. The summed E-state index contributed by atoms with van der Waals surface area (Å²) in [6.07, 6.45) is 4.87. The summed E-state index contributed by atoms with van der Waals surface area (Å²) in [5, 5.41) is 4.49. The van der Waals surface area contributed by atoms with Crippen LogP contribution in [0.4, 0.5) is 0 Å². The van der Waals surface area contributed by atoms with Crippen molar-refractivity contribution in [1.82, 2.24) is 5.43 Å². The van der Waals surface area contributed by atoms with Crippen LogP contribution in [0.15, 0.2) is 23.3 Å². The number of benzene rings is 1. The molecule has 1 aliphatic carbocycles. The van der Waals surface area contributed by atoms with Gasteiger partial charge in [-0.2, -0.15) is 5.10 Å². The van der Waals surface area contributed by atoms with Crippen molar-refractivity contribution in [3.8, 4) is 11.5 Å². The lowest BCUT2D eigenvalue weighted by atomic mass is 10.2. The van der Waals surface area contributed by atoms with Crippen LogP contribution in [0.25, 0.3) is 0 Å². The van der Waals surface area contributed by atoms with Crippen molar-refractivity contribution in [3.05, 3.63) is 44.1 Å². The van der Waals surface area contributed by atoms with Crippen LogP contribution in [0, 0.1) is 0 Å². The number of carbonyl (C=O) groups excluding carboxylic acids is 1. The van der Waals surface area contributed by atoms with Gasteiger partial charge in [0.05, 0.1) is 16.1 Å². The lowest BCUT2D eigenvalue weighted by molar-refractivity contribution is 0.0959. The minimum atomic E-state index is -0.186. The van der Waals surface area contributed by atoms with Gasteiger partial charge in [0.15, 0.2) is 11.5 Å². The molecule has 1 amide bonds. The fourth-order valence-electron chi connectivity index (χ4n) is 2.87. The molecular weight excluding hydrogens is 348 g/mol. The van der Waals surface area contributed by atoms with Crippen LogP contribution in [-0.4, -0.2) is 25.3 Å². The average molecular weight is 363 g/mol. The standard InChI is InChI=1S/C17H15ClN2O3S/c18-12-6-10(7-13-16(12)23-5-4-22-13)9-19-20-17(21)15-8-11-2-1-3-14(11)24-15/h6-9H,1-5H2,(H,20,21)/b19-9-. The van der Waals surface area contributed by atoms with Gasteiger partial charge in [0.25, 0.3) is 5.91 Å². The van der Waals surface area contributed by atoms with Crippen LogP contribution < -0.4 is 14.9 Å². The fourth-order valence-corrected chi connectivity index (χ4v) is 4.28. The molecule has 1 N–H and O–H groups in total. The van der Waals surface area contributed by atoms with E-state index >= 15 is 0 Å². The smallest absolute Gasteiger partial charge is 0.281 e. The lowest BCUT2D eigenvalue weighted by Crippen LogP contribution is -2.17. The van der Waals surface area contributed by atoms with Gasteiger partial charge in [-0.1, -0.05) is 11.6 Å². The second-order valence-corrected chi connectivity index (χ2v) is 7.18. The first-order valence-corrected chi connectivity index (χ1v) is 8.94. The van der Waals surface area contributed by atoms with Gasteiger partial charge in [-0.25, -0.2) is 5.43 Å². The van der Waals surface area contributed by atoms with Gasteiger partial charge in [0, 0.05) is 4.88 Å². The summed E-state index contributed by atoms with van der Waals surface area (Å²) in [6.45, 7) is 0.977. The van der Waals surface area contributed by atoms with Crippen molar-refractivity contribution in [2.75, 3.05) is 13.2 Å². The fraction of sp³-hybridized carbons (Fsp3) is 0.294. The molecule has 0 radical (unpaired) electrons. The SMILES string of the molecule is O=C(N/N=C\c1cc(Cl)c2c(c1)OCCO2)c1cc2c(s1)CCC2. The molecule has 0 unspecified atom stereocenters. The van der Waals surface area contributed by atoms with Crippen molar-refractivity contribution in [3.63, 3.8) is 0 Å². The maximum absolute atomic E-state index is 12.2. The van der Waals surface area contributed by atoms with E-state index in [4.69, 9.17) is 21.1 Å². The van der Waals surface area contributed by atoms with E-state index in [-0.39, 0.29) is 5.91 Å². The van der Waals surface area contributed by atoms with Crippen LogP contribution in [0.2, 0.25) is 5.02 Å². The Hall–Kier alpha value is -2.05. The first-order valence-electron chi connectivity index (χ1n) is 7.75. The van der Waals surface area contributed by atoms with E-state index in [2.05, 4.69) is 10.5 Å². The quantitative estimate of drug-likeness (QED) is 0.672.